The minimum absolute atomic E-state index is 0.0726. The van der Waals surface area contributed by atoms with Crippen molar-refractivity contribution in [1.82, 2.24) is 14.8 Å². The van der Waals surface area contributed by atoms with Crippen LogP contribution < -0.4 is 5.32 Å². The van der Waals surface area contributed by atoms with Gasteiger partial charge in [-0.15, -0.1) is 10.2 Å². The fraction of sp³-hybridized carbons (Fsp3) is 0.238. The van der Waals surface area contributed by atoms with E-state index < -0.39 is 5.97 Å². The molecule has 2 aromatic carbocycles. The molecule has 1 heterocycles. The summed E-state index contributed by atoms with van der Waals surface area (Å²) in [6.07, 6.45) is 0.641. The van der Waals surface area contributed by atoms with E-state index in [0.717, 1.165) is 11.1 Å². The Morgan fingerprint density at radius 1 is 0.964 bits per heavy atom. The van der Waals surface area contributed by atoms with Crippen LogP contribution in [0.3, 0.4) is 0 Å². The van der Waals surface area contributed by atoms with Gasteiger partial charge in [-0.2, -0.15) is 0 Å². The van der Waals surface area contributed by atoms with Crippen molar-refractivity contribution in [3.63, 3.8) is 0 Å². The van der Waals surface area contributed by atoms with Crippen molar-refractivity contribution in [2.24, 2.45) is 0 Å². The lowest BCUT2D eigenvalue weighted by molar-refractivity contribution is 0.0696. The van der Waals surface area contributed by atoms with E-state index in [4.69, 9.17) is 0 Å². The van der Waals surface area contributed by atoms with E-state index >= 15 is 0 Å². The van der Waals surface area contributed by atoms with E-state index in [-0.39, 0.29) is 11.5 Å². The van der Waals surface area contributed by atoms with Crippen LogP contribution in [0, 0.1) is 20.8 Å². The van der Waals surface area contributed by atoms with Crippen LogP contribution in [0.2, 0.25) is 0 Å². The van der Waals surface area contributed by atoms with E-state index in [1.165, 1.54) is 6.07 Å². The van der Waals surface area contributed by atoms with Crippen molar-refractivity contribution in [1.29, 1.82) is 0 Å². The highest BCUT2D eigenvalue weighted by Gasteiger charge is 2.15. The molecule has 0 spiro atoms. The number of carbonyl (C=O) groups is 2. The molecule has 0 atom stereocenters. The molecule has 7 heteroatoms. The molecule has 0 saturated heterocycles. The van der Waals surface area contributed by atoms with E-state index in [1.54, 1.807) is 35.8 Å². The van der Waals surface area contributed by atoms with E-state index in [9.17, 15) is 14.7 Å². The topological polar surface area (TPSA) is 97.1 Å². The average molecular weight is 378 g/mol. The minimum atomic E-state index is -1.08. The molecule has 3 rings (SSSR count). The number of amides is 1. The smallest absolute Gasteiger partial charge is 0.335 e. The fourth-order valence-corrected chi connectivity index (χ4v) is 3.22. The van der Waals surface area contributed by atoms with Crippen LogP contribution in [0.1, 0.15) is 50.4 Å². The first-order valence-electron chi connectivity index (χ1n) is 8.97. The van der Waals surface area contributed by atoms with E-state index in [2.05, 4.69) is 15.5 Å². The molecule has 0 bridgehead atoms. The lowest BCUT2D eigenvalue weighted by atomic mass is 10.1. The highest BCUT2D eigenvalue weighted by atomic mass is 16.4. The first kappa shape index (κ1) is 19.3. The van der Waals surface area contributed by atoms with Gasteiger partial charge in [0.05, 0.1) is 11.3 Å². The van der Waals surface area contributed by atoms with Crippen molar-refractivity contribution in [2.45, 2.75) is 34.1 Å². The van der Waals surface area contributed by atoms with Crippen LogP contribution in [0.15, 0.2) is 36.4 Å². The second-order valence-corrected chi connectivity index (χ2v) is 6.76. The molecule has 2 N–H and O–H groups in total. The maximum atomic E-state index is 12.7. The number of carboxylic acid groups (broad SMARTS) is 1. The van der Waals surface area contributed by atoms with Gasteiger partial charge in [-0.05, 0) is 51.1 Å². The summed E-state index contributed by atoms with van der Waals surface area (Å²) in [4.78, 5) is 24.3. The number of hydrogen-bond acceptors (Lipinski definition) is 4. The van der Waals surface area contributed by atoms with Crippen LogP contribution >= 0.6 is 0 Å². The van der Waals surface area contributed by atoms with Gasteiger partial charge in [-0.1, -0.05) is 24.1 Å². The average Bonchev–Trinajstić information content (AvgIpc) is 3.01. The SMILES string of the molecule is CCc1nnc(C)n1-c1cc(NC(=O)c2cc(C)cc(C)c2)cc(C(=O)O)c1. The molecule has 0 aliphatic rings. The molecule has 7 nitrogen and oxygen atoms in total. The number of aromatic nitrogens is 3. The number of nitrogens with one attached hydrogen (secondary N) is 1. The van der Waals surface area contributed by atoms with Gasteiger partial charge in [0.2, 0.25) is 0 Å². The van der Waals surface area contributed by atoms with Gasteiger partial charge in [0, 0.05) is 17.7 Å². The zero-order valence-electron chi connectivity index (χ0n) is 16.3. The molecule has 0 unspecified atom stereocenters. The molecule has 0 radical (unpaired) electrons. The number of benzene rings is 2. The maximum absolute atomic E-state index is 12.7. The largest absolute Gasteiger partial charge is 0.478 e. The van der Waals surface area contributed by atoms with Crippen LogP contribution in [-0.2, 0) is 6.42 Å². The van der Waals surface area contributed by atoms with Gasteiger partial charge in [0.15, 0.2) is 0 Å². The third-order valence-electron chi connectivity index (χ3n) is 4.37. The minimum Gasteiger partial charge on any atom is -0.478 e. The van der Waals surface area contributed by atoms with Gasteiger partial charge in [-0.25, -0.2) is 4.79 Å². The summed E-state index contributed by atoms with van der Waals surface area (Å²) in [6.45, 7) is 7.60. The summed E-state index contributed by atoms with van der Waals surface area (Å²) in [5.41, 5.74) is 3.55. The molecular weight excluding hydrogens is 356 g/mol. The molecule has 0 aliphatic heterocycles. The third-order valence-corrected chi connectivity index (χ3v) is 4.37. The van der Waals surface area contributed by atoms with Gasteiger partial charge < -0.3 is 10.4 Å². The number of aryl methyl sites for hydroxylation is 4. The molecular formula is C21H22N4O3. The predicted molar refractivity (Wildman–Crippen MR) is 106 cm³/mol. The first-order chi connectivity index (χ1) is 13.3. The van der Waals surface area contributed by atoms with Crippen LogP contribution in [0.5, 0.6) is 0 Å². The van der Waals surface area contributed by atoms with Crippen molar-refractivity contribution < 1.29 is 14.7 Å². The standard InChI is InChI=1S/C21H22N4O3/c1-5-19-24-23-14(4)25(19)18-10-16(21(27)28)9-17(11-18)22-20(26)15-7-12(2)6-13(3)8-15/h6-11H,5H2,1-4H3,(H,22,26)(H,27,28). The lowest BCUT2D eigenvalue weighted by Gasteiger charge is -2.13. The summed E-state index contributed by atoms with van der Waals surface area (Å²) in [7, 11) is 0. The van der Waals surface area contributed by atoms with Crippen molar-refractivity contribution in [3.05, 3.63) is 70.3 Å². The van der Waals surface area contributed by atoms with Crippen molar-refractivity contribution in [3.8, 4) is 5.69 Å². The third kappa shape index (κ3) is 3.93. The summed E-state index contributed by atoms with van der Waals surface area (Å²) in [5, 5.41) is 20.5. The summed E-state index contributed by atoms with van der Waals surface area (Å²) in [6, 6.07) is 10.3. The molecule has 0 saturated carbocycles. The van der Waals surface area contributed by atoms with E-state index in [0.29, 0.717) is 35.0 Å². The Bertz CT molecular complexity index is 1050. The highest BCUT2D eigenvalue weighted by molar-refractivity contribution is 6.05. The zero-order valence-corrected chi connectivity index (χ0v) is 16.3. The van der Waals surface area contributed by atoms with Crippen molar-refractivity contribution >= 4 is 17.6 Å². The summed E-state index contributed by atoms with van der Waals surface area (Å²) in [5.74, 6) is -0.0124. The van der Waals surface area contributed by atoms with Crippen molar-refractivity contribution in [2.75, 3.05) is 5.32 Å². The maximum Gasteiger partial charge on any atom is 0.335 e. The summed E-state index contributed by atoms with van der Waals surface area (Å²) >= 11 is 0. The molecule has 1 amide bonds. The highest BCUT2D eigenvalue weighted by Crippen LogP contribution is 2.22. The Morgan fingerprint density at radius 3 is 2.25 bits per heavy atom. The molecule has 0 fully saturated rings. The Labute approximate surface area is 163 Å². The lowest BCUT2D eigenvalue weighted by Crippen LogP contribution is -2.14. The Hall–Kier alpha value is -3.48. The fourth-order valence-electron chi connectivity index (χ4n) is 3.22. The molecule has 28 heavy (non-hydrogen) atoms. The molecule has 0 aliphatic carbocycles. The van der Waals surface area contributed by atoms with Gasteiger partial charge in [0.25, 0.3) is 5.91 Å². The molecule has 1 aromatic heterocycles. The number of nitrogens with zero attached hydrogens (tertiary/aromatic N) is 3. The van der Waals surface area contributed by atoms with Crippen LogP contribution in [0.4, 0.5) is 5.69 Å². The second kappa shape index (κ2) is 7.64. The molecule has 144 valence electrons. The number of aromatic carboxylic acids is 1. The normalized spacial score (nSPS) is 10.7. The van der Waals surface area contributed by atoms with Gasteiger partial charge in [-0.3, -0.25) is 9.36 Å². The number of carboxylic acids is 1. The number of carbonyl (C=O) groups excluding carboxylic acids is 1. The van der Waals surface area contributed by atoms with Gasteiger partial charge in [0.1, 0.15) is 11.6 Å². The number of anilines is 1. The zero-order chi connectivity index (χ0) is 20.4. The monoisotopic (exact) mass is 378 g/mol. The summed E-state index contributed by atoms with van der Waals surface area (Å²) < 4.78 is 1.79. The number of rotatable bonds is 5. The molecule has 3 aromatic rings. The Morgan fingerprint density at radius 2 is 1.64 bits per heavy atom. The Kier molecular flexibility index (Phi) is 5.26. The first-order valence-corrected chi connectivity index (χ1v) is 8.97. The van der Waals surface area contributed by atoms with Crippen LogP contribution in [-0.4, -0.2) is 31.7 Å². The Balaban J connectivity index is 2.03. The van der Waals surface area contributed by atoms with E-state index in [1.807, 2.05) is 26.8 Å². The quantitative estimate of drug-likeness (QED) is 0.705. The second-order valence-electron chi connectivity index (χ2n) is 6.76. The van der Waals surface area contributed by atoms with Gasteiger partial charge >= 0.3 is 5.97 Å². The predicted octanol–water partition coefficient (Wildman–Crippen LogP) is 3.71. The van der Waals surface area contributed by atoms with Crippen LogP contribution in [0.25, 0.3) is 5.69 Å². The number of hydrogen-bond donors (Lipinski definition) is 2.